The van der Waals surface area contributed by atoms with Crippen molar-refractivity contribution in [3.05, 3.63) is 0 Å². The first kappa shape index (κ1) is 16.2. The highest BCUT2D eigenvalue weighted by molar-refractivity contribution is 7.89. The number of likely N-dealkylation sites (tertiary alicyclic amines) is 1. The van der Waals surface area contributed by atoms with Crippen LogP contribution in [0.3, 0.4) is 0 Å². The molecule has 2 saturated heterocycles. The van der Waals surface area contributed by atoms with E-state index in [1.807, 2.05) is 0 Å². The Bertz CT molecular complexity index is 512. The number of piperidine rings is 1. The van der Waals surface area contributed by atoms with E-state index in [4.69, 9.17) is 0 Å². The molecule has 2 amide bonds. The number of carbonyl (C=O) groups is 2. The van der Waals surface area contributed by atoms with Crippen molar-refractivity contribution in [2.24, 2.45) is 5.92 Å². The quantitative estimate of drug-likeness (QED) is 0.750. The van der Waals surface area contributed by atoms with Gasteiger partial charge in [-0.15, -0.1) is 0 Å². The molecule has 0 spiro atoms. The topological polar surface area (TPSA) is 86.8 Å². The van der Waals surface area contributed by atoms with Crippen molar-refractivity contribution in [1.82, 2.24) is 14.5 Å². The largest absolute Gasteiger partial charge is 0.353 e. The number of amides is 2. The molecule has 1 atom stereocenters. The fourth-order valence-corrected chi connectivity index (χ4v) is 3.95. The molecule has 0 aliphatic carbocycles. The van der Waals surface area contributed by atoms with Gasteiger partial charge >= 0.3 is 0 Å². The molecule has 0 radical (unpaired) electrons. The molecule has 2 heterocycles. The maximum atomic E-state index is 12.1. The first-order valence-corrected chi connectivity index (χ1v) is 8.96. The Kier molecular flexibility index (Phi) is 4.88. The summed E-state index contributed by atoms with van der Waals surface area (Å²) in [6.07, 6.45) is 1.52. The Labute approximate surface area is 125 Å². The minimum absolute atomic E-state index is 0.000918. The fourth-order valence-electron chi connectivity index (χ4n) is 2.82. The summed E-state index contributed by atoms with van der Waals surface area (Å²) in [5.74, 6) is -0.260. The maximum absolute atomic E-state index is 12.1. The second kappa shape index (κ2) is 6.31. The SMILES string of the molecule is CCS(=O)(=O)N1CCC(NC(=O)C2CC(=O)N(C)C2)CC1. The number of sulfonamides is 1. The smallest absolute Gasteiger partial charge is 0.225 e. The zero-order chi connectivity index (χ0) is 15.6. The van der Waals surface area contributed by atoms with Gasteiger partial charge in [-0.2, -0.15) is 0 Å². The summed E-state index contributed by atoms with van der Waals surface area (Å²) in [5.41, 5.74) is 0. The van der Waals surface area contributed by atoms with E-state index >= 15 is 0 Å². The Balaban J connectivity index is 1.81. The zero-order valence-electron chi connectivity index (χ0n) is 12.5. The second-order valence-corrected chi connectivity index (χ2v) is 8.02. The van der Waals surface area contributed by atoms with Gasteiger partial charge in [0.2, 0.25) is 21.8 Å². The number of hydrogen-bond acceptors (Lipinski definition) is 4. The maximum Gasteiger partial charge on any atom is 0.225 e. The molecule has 2 rings (SSSR count). The lowest BCUT2D eigenvalue weighted by Crippen LogP contribution is -2.48. The van der Waals surface area contributed by atoms with Crippen LogP contribution in [0.15, 0.2) is 0 Å². The molecule has 0 aromatic rings. The summed E-state index contributed by atoms with van der Waals surface area (Å²) >= 11 is 0. The van der Waals surface area contributed by atoms with Crippen molar-refractivity contribution in [2.45, 2.75) is 32.2 Å². The molecule has 21 heavy (non-hydrogen) atoms. The van der Waals surface area contributed by atoms with Gasteiger partial charge in [-0.25, -0.2) is 12.7 Å². The molecule has 0 aromatic carbocycles. The van der Waals surface area contributed by atoms with Gasteiger partial charge < -0.3 is 10.2 Å². The number of nitrogens with one attached hydrogen (secondary N) is 1. The summed E-state index contributed by atoms with van der Waals surface area (Å²) in [4.78, 5) is 25.1. The van der Waals surface area contributed by atoms with Gasteiger partial charge in [0.15, 0.2) is 0 Å². The van der Waals surface area contributed by atoms with Crippen LogP contribution in [0.25, 0.3) is 0 Å². The van der Waals surface area contributed by atoms with Gasteiger partial charge in [0.1, 0.15) is 0 Å². The number of nitrogens with zero attached hydrogens (tertiary/aromatic N) is 2. The number of hydrogen-bond donors (Lipinski definition) is 1. The highest BCUT2D eigenvalue weighted by Crippen LogP contribution is 2.18. The number of carbonyl (C=O) groups excluding carboxylic acids is 2. The highest BCUT2D eigenvalue weighted by Gasteiger charge is 2.34. The molecular weight excluding hydrogens is 294 g/mol. The first-order valence-electron chi connectivity index (χ1n) is 7.35. The molecule has 0 aromatic heterocycles. The van der Waals surface area contributed by atoms with Gasteiger partial charge in [-0.1, -0.05) is 0 Å². The van der Waals surface area contributed by atoms with Crippen LogP contribution in [0, 0.1) is 5.92 Å². The van der Waals surface area contributed by atoms with Gasteiger partial charge in [0, 0.05) is 39.1 Å². The summed E-state index contributed by atoms with van der Waals surface area (Å²) in [6.45, 7) is 3.00. The predicted molar refractivity (Wildman–Crippen MR) is 77.9 cm³/mol. The van der Waals surface area contributed by atoms with E-state index in [2.05, 4.69) is 5.32 Å². The Morgan fingerprint density at radius 1 is 1.33 bits per heavy atom. The summed E-state index contributed by atoms with van der Waals surface area (Å²) < 4.78 is 25.0. The van der Waals surface area contributed by atoms with Gasteiger partial charge in [0.25, 0.3) is 0 Å². The van der Waals surface area contributed by atoms with E-state index in [0.717, 1.165) is 0 Å². The summed E-state index contributed by atoms with van der Waals surface area (Å²) in [7, 11) is -1.44. The Hall–Kier alpha value is -1.15. The molecular formula is C13H23N3O4S. The van der Waals surface area contributed by atoms with Crippen LogP contribution in [0.4, 0.5) is 0 Å². The molecule has 0 bridgehead atoms. The lowest BCUT2D eigenvalue weighted by Gasteiger charge is -2.31. The highest BCUT2D eigenvalue weighted by atomic mass is 32.2. The monoisotopic (exact) mass is 317 g/mol. The lowest BCUT2D eigenvalue weighted by atomic mass is 10.0. The van der Waals surface area contributed by atoms with E-state index in [0.29, 0.717) is 32.5 Å². The molecule has 1 N–H and O–H groups in total. The third-order valence-electron chi connectivity index (χ3n) is 4.27. The summed E-state index contributed by atoms with van der Waals surface area (Å²) in [6, 6.07) is 0.00168. The zero-order valence-corrected chi connectivity index (χ0v) is 13.4. The van der Waals surface area contributed by atoms with Gasteiger partial charge in [-0.05, 0) is 19.8 Å². The van der Waals surface area contributed by atoms with Gasteiger partial charge in [0.05, 0.1) is 11.7 Å². The molecule has 1 unspecified atom stereocenters. The predicted octanol–water partition coefficient (Wildman–Crippen LogP) is -0.605. The minimum Gasteiger partial charge on any atom is -0.353 e. The second-order valence-electron chi connectivity index (χ2n) is 5.76. The molecule has 2 aliphatic rings. The van der Waals surface area contributed by atoms with E-state index in [1.165, 1.54) is 4.31 Å². The molecule has 8 heteroatoms. The van der Waals surface area contributed by atoms with E-state index in [-0.39, 0.29) is 35.9 Å². The van der Waals surface area contributed by atoms with Crippen molar-refractivity contribution in [1.29, 1.82) is 0 Å². The number of rotatable bonds is 4. The standard InChI is InChI=1S/C13H23N3O4S/c1-3-21(19,20)16-6-4-11(5-7-16)14-13(18)10-8-12(17)15(2)9-10/h10-11H,3-9H2,1-2H3,(H,14,18). The minimum atomic E-state index is -3.13. The van der Waals surface area contributed by atoms with E-state index in [1.54, 1.807) is 18.9 Å². The third-order valence-corrected chi connectivity index (χ3v) is 6.15. The van der Waals surface area contributed by atoms with Crippen LogP contribution >= 0.6 is 0 Å². The van der Waals surface area contributed by atoms with Crippen molar-refractivity contribution < 1.29 is 18.0 Å². The molecule has 120 valence electrons. The molecule has 2 fully saturated rings. The first-order chi connectivity index (χ1) is 9.83. The Morgan fingerprint density at radius 2 is 1.95 bits per heavy atom. The molecule has 2 aliphatic heterocycles. The van der Waals surface area contributed by atoms with Gasteiger partial charge in [-0.3, -0.25) is 9.59 Å². The molecule has 7 nitrogen and oxygen atoms in total. The van der Waals surface area contributed by atoms with Crippen LogP contribution in [0.5, 0.6) is 0 Å². The van der Waals surface area contributed by atoms with Crippen molar-refractivity contribution >= 4 is 21.8 Å². The normalized spacial score (nSPS) is 25.3. The molecule has 0 saturated carbocycles. The third kappa shape index (κ3) is 3.74. The van der Waals surface area contributed by atoms with E-state index in [9.17, 15) is 18.0 Å². The van der Waals surface area contributed by atoms with Crippen molar-refractivity contribution in [3.63, 3.8) is 0 Å². The van der Waals surface area contributed by atoms with Crippen LogP contribution in [0.2, 0.25) is 0 Å². The van der Waals surface area contributed by atoms with Crippen LogP contribution < -0.4 is 5.32 Å². The van der Waals surface area contributed by atoms with Crippen LogP contribution in [-0.2, 0) is 19.6 Å². The van der Waals surface area contributed by atoms with Crippen molar-refractivity contribution in [3.8, 4) is 0 Å². The lowest BCUT2D eigenvalue weighted by molar-refractivity contribution is -0.128. The fraction of sp³-hybridized carbons (Fsp3) is 0.846. The van der Waals surface area contributed by atoms with Crippen molar-refractivity contribution in [2.75, 3.05) is 32.4 Å². The van der Waals surface area contributed by atoms with Crippen LogP contribution in [-0.4, -0.2) is 67.9 Å². The Morgan fingerprint density at radius 3 is 2.43 bits per heavy atom. The average molecular weight is 317 g/mol. The average Bonchev–Trinajstić information content (AvgIpc) is 2.79. The summed E-state index contributed by atoms with van der Waals surface area (Å²) in [5, 5.41) is 2.95. The van der Waals surface area contributed by atoms with Crippen LogP contribution in [0.1, 0.15) is 26.2 Å². The van der Waals surface area contributed by atoms with E-state index < -0.39 is 10.0 Å².